The summed E-state index contributed by atoms with van der Waals surface area (Å²) in [5, 5.41) is 0. The molecule has 0 aromatic heterocycles. The third kappa shape index (κ3) is 1.33. The largest absolute Gasteiger partial charge is 0.246 e. The van der Waals surface area contributed by atoms with E-state index in [4.69, 9.17) is 0 Å². The van der Waals surface area contributed by atoms with Gasteiger partial charge in [-0.2, -0.15) is 0 Å². The summed E-state index contributed by atoms with van der Waals surface area (Å²) in [6.07, 6.45) is 8.79. The van der Waals surface area contributed by atoms with Crippen molar-refractivity contribution in [3.63, 3.8) is 0 Å². The first-order valence-corrected chi connectivity index (χ1v) is 4.77. The Balaban J connectivity index is 2.21. The molecule has 66 valence electrons. The summed E-state index contributed by atoms with van der Waals surface area (Å²) in [7, 11) is 0. The molecule has 3 atom stereocenters. The standard InChI is InChI=1S/C11H15F/c1-8-5-6-9-3-2-4-10(7-9)11(8)12/h2,4,7-8,10-11H,3,5-6H2,1H3/t8?,10?,11-/m1/s1. The van der Waals surface area contributed by atoms with Crippen LogP contribution in [0.2, 0.25) is 0 Å². The van der Waals surface area contributed by atoms with Gasteiger partial charge < -0.3 is 0 Å². The molecular formula is C11H15F. The molecule has 0 spiro atoms. The topological polar surface area (TPSA) is 0 Å². The first-order valence-electron chi connectivity index (χ1n) is 4.77. The summed E-state index contributed by atoms with van der Waals surface area (Å²) in [5.41, 5.74) is 1.44. The second kappa shape index (κ2) is 3.04. The normalized spacial score (nSPS) is 40.5. The molecule has 0 saturated carbocycles. The highest BCUT2D eigenvalue weighted by Crippen LogP contribution is 2.33. The van der Waals surface area contributed by atoms with E-state index in [1.165, 1.54) is 5.57 Å². The number of rotatable bonds is 0. The van der Waals surface area contributed by atoms with Crippen LogP contribution in [-0.2, 0) is 0 Å². The average molecular weight is 166 g/mol. The van der Waals surface area contributed by atoms with Gasteiger partial charge in [0.2, 0.25) is 0 Å². The van der Waals surface area contributed by atoms with Crippen molar-refractivity contribution in [1.82, 2.24) is 0 Å². The lowest BCUT2D eigenvalue weighted by atomic mass is 9.91. The molecule has 0 saturated heterocycles. The fourth-order valence-corrected chi connectivity index (χ4v) is 2.11. The zero-order valence-corrected chi connectivity index (χ0v) is 7.46. The molecule has 0 N–H and O–H groups in total. The highest BCUT2D eigenvalue weighted by molar-refractivity contribution is 5.21. The summed E-state index contributed by atoms with van der Waals surface area (Å²) in [6, 6.07) is 0. The molecule has 1 heteroatoms. The molecule has 2 bridgehead atoms. The van der Waals surface area contributed by atoms with Crippen LogP contribution in [-0.4, -0.2) is 6.17 Å². The van der Waals surface area contributed by atoms with Crippen molar-refractivity contribution in [2.45, 2.75) is 32.4 Å². The number of hydrogen-bond donors (Lipinski definition) is 0. The van der Waals surface area contributed by atoms with Crippen molar-refractivity contribution in [2.75, 3.05) is 0 Å². The van der Waals surface area contributed by atoms with Crippen LogP contribution < -0.4 is 0 Å². The van der Waals surface area contributed by atoms with Gasteiger partial charge in [0, 0.05) is 5.92 Å². The molecule has 0 aromatic carbocycles. The van der Waals surface area contributed by atoms with E-state index < -0.39 is 6.17 Å². The Morgan fingerprint density at radius 2 is 2.33 bits per heavy atom. The Bertz CT molecular complexity index is 227. The van der Waals surface area contributed by atoms with Crippen LogP contribution in [0.1, 0.15) is 26.2 Å². The van der Waals surface area contributed by atoms with E-state index in [2.05, 4.69) is 12.2 Å². The Hall–Kier alpha value is -0.590. The van der Waals surface area contributed by atoms with Crippen LogP contribution in [0.4, 0.5) is 4.39 Å². The number of fused-ring (bicyclic) bond motifs is 1. The van der Waals surface area contributed by atoms with Crippen molar-refractivity contribution < 1.29 is 4.39 Å². The fraction of sp³-hybridized carbons (Fsp3) is 0.636. The summed E-state index contributed by atoms with van der Waals surface area (Å²) in [4.78, 5) is 0. The fourth-order valence-electron chi connectivity index (χ4n) is 2.11. The first kappa shape index (κ1) is 8.03. The summed E-state index contributed by atoms with van der Waals surface area (Å²) < 4.78 is 13.6. The summed E-state index contributed by atoms with van der Waals surface area (Å²) >= 11 is 0. The van der Waals surface area contributed by atoms with Gasteiger partial charge in [-0.1, -0.05) is 30.7 Å². The quantitative estimate of drug-likeness (QED) is 0.484. The number of hydrogen-bond acceptors (Lipinski definition) is 0. The van der Waals surface area contributed by atoms with Crippen LogP contribution in [0, 0.1) is 11.8 Å². The van der Waals surface area contributed by atoms with Crippen LogP contribution in [0.5, 0.6) is 0 Å². The Labute approximate surface area is 73.2 Å². The zero-order valence-electron chi connectivity index (χ0n) is 7.46. The molecule has 0 radical (unpaired) electrons. The Kier molecular flexibility index (Phi) is 2.03. The lowest BCUT2D eigenvalue weighted by Crippen LogP contribution is -2.19. The molecule has 0 nitrogen and oxygen atoms in total. The predicted molar refractivity (Wildman–Crippen MR) is 48.6 cm³/mol. The van der Waals surface area contributed by atoms with Crippen molar-refractivity contribution in [1.29, 1.82) is 0 Å². The van der Waals surface area contributed by atoms with E-state index in [1.807, 2.05) is 13.0 Å². The second-order valence-electron chi connectivity index (χ2n) is 3.99. The highest BCUT2D eigenvalue weighted by Gasteiger charge is 2.27. The summed E-state index contributed by atoms with van der Waals surface area (Å²) in [6.45, 7) is 2.02. The van der Waals surface area contributed by atoms with Gasteiger partial charge in [0.05, 0.1) is 0 Å². The lowest BCUT2D eigenvalue weighted by molar-refractivity contribution is 0.206. The first-order chi connectivity index (χ1) is 5.77. The van der Waals surface area contributed by atoms with Crippen molar-refractivity contribution in [2.24, 2.45) is 11.8 Å². The molecule has 0 fully saturated rings. The third-order valence-corrected chi connectivity index (χ3v) is 3.00. The molecule has 12 heavy (non-hydrogen) atoms. The number of halogens is 1. The van der Waals surface area contributed by atoms with Gasteiger partial charge in [0.15, 0.2) is 0 Å². The molecule has 2 aliphatic carbocycles. The third-order valence-electron chi connectivity index (χ3n) is 3.00. The van der Waals surface area contributed by atoms with E-state index in [0.717, 1.165) is 19.3 Å². The van der Waals surface area contributed by atoms with Crippen molar-refractivity contribution in [3.8, 4) is 0 Å². The van der Waals surface area contributed by atoms with E-state index in [9.17, 15) is 4.39 Å². The van der Waals surface area contributed by atoms with E-state index in [0.29, 0.717) is 0 Å². The van der Waals surface area contributed by atoms with Crippen LogP contribution in [0.3, 0.4) is 0 Å². The molecule has 0 amide bonds. The van der Waals surface area contributed by atoms with Crippen molar-refractivity contribution in [3.05, 3.63) is 23.8 Å². The Morgan fingerprint density at radius 3 is 3.17 bits per heavy atom. The zero-order chi connectivity index (χ0) is 8.55. The van der Waals surface area contributed by atoms with Crippen molar-refractivity contribution >= 4 is 0 Å². The van der Waals surface area contributed by atoms with Crippen LogP contribution >= 0.6 is 0 Å². The second-order valence-corrected chi connectivity index (χ2v) is 3.99. The molecule has 2 aliphatic rings. The lowest BCUT2D eigenvalue weighted by Gasteiger charge is -2.18. The van der Waals surface area contributed by atoms with Crippen LogP contribution in [0.25, 0.3) is 0 Å². The van der Waals surface area contributed by atoms with E-state index >= 15 is 0 Å². The Morgan fingerprint density at radius 1 is 1.50 bits per heavy atom. The highest BCUT2D eigenvalue weighted by atomic mass is 19.1. The maximum absolute atomic E-state index is 13.6. The van der Waals surface area contributed by atoms with Gasteiger partial charge in [-0.3, -0.25) is 0 Å². The average Bonchev–Trinajstić information content (AvgIpc) is 2.20. The SMILES string of the molecule is CC1CCC2=CC(C=CC2)[C@@H]1F. The predicted octanol–water partition coefficient (Wildman–Crippen LogP) is 3.26. The monoisotopic (exact) mass is 166 g/mol. The molecule has 0 aliphatic heterocycles. The maximum Gasteiger partial charge on any atom is 0.112 e. The van der Waals surface area contributed by atoms with Crippen LogP contribution in [0.15, 0.2) is 23.8 Å². The minimum absolute atomic E-state index is 0.0752. The molecule has 2 unspecified atom stereocenters. The number of allylic oxidation sites excluding steroid dienone is 4. The molecule has 2 rings (SSSR count). The molecule has 0 aromatic rings. The smallest absolute Gasteiger partial charge is 0.112 e. The minimum Gasteiger partial charge on any atom is -0.246 e. The van der Waals surface area contributed by atoms with E-state index in [-0.39, 0.29) is 11.8 Å². The van der Waals surface area contributed by atoms with Gasteiger partial charge in [-0.05, 0) is 25.2 Å². The molecule has 0 heterocycles. The number of alkyl halides is 1. The maximum atomic E-state index is 13.6. The van der Waals surface area contributed by atoms with Gasteiger partial charge in [0.1, 0.15) is 6.17 Å². The minimum atomic E-state index is -0.654. The summed E-state index contributed by atoms with van der Waals surface area (Å²) in [5.74, 6) is 0.303. The van der Waals surface area contributed by atoms with Gasteiger partial charge in [-0.15, -0.1) is 0 Å². The van der Waals surface area contributed by atoms with Gasteiger partial charge in [0.25, 0.3) is 0 Å². The van der Waals surface area contributed by atoms with Gasteiger partial charge >= 0.3 is 0 Å². The van der Waals surface area contributed by atoms with Gasteiger partial charge in [-0.25, -0.2) is 4.39 Å². The van der Waals surface area contributed by atoms with E-state index in [1.54, 1.807) is 0 Å². The molecular weight excluding hydrogens is 151 g/mol.